The van der Waals surface area contributed by atoms with Crippen LogP contribution in [-0.4, -0.2) is 37.2 Å². The van der Waals surface area contributed by atoms with Crippen LogP contribution in [0.3, 0.4) is 0 Å². The van der Waals surface area contributed by atoms with Gasteiger partial charge in [0.2, 0.25) is 0 Å². The van der Waals surface area contributed by atoms with E-state index in [-0.39, 0.29) is 31.1 Å². The first-order valence-corrected chi connectivity index (χ1v) is 28.6. The molecule has 0 amide bonds. The van der Waals surface area contributed by atoms with E-state index in [9.17, 15) is 14.4 Å². The number of hydrogen-bond donors (Lipinski definition) is 0. The number of ether oxygens (including phenoxy) is 3. The van der Waals surface area contributed by atoms with Gasteiger partial charge in [-0.15, -0.1) is 0 Å². The lowest BCUT2D eigenvalue weighted by Gasteiger charge is -2.18. The lowest BCUT2D eigenvalue weighted by Crippen LogP contribution is -2.30. The van der Waals surface area contributed by atoms with Gasteiger partial charge in [0, 0.05) is 19.3 Å². The molecule has 0 saturated carbocycles. The zero-order valence-corrected chi connectivity index (χ0v) is 44.6. The maximum Gasteiger partial charge on any atom is 0.306 e. The van der Waals surface area contributed by atoms with Gasteiger partial charge in [0.15, 0.2) is 6.10 Å². The van der Waals surface area contributed by atoms with Gasteiger partial charge in [0.1, 0.15) is 13.2 Å². The summed E-state index contributed by atoms with van der Waals surface area (Å²) < 4.78 is 16.8. The van der Waals surface area contributed by atoms with Crippen LogP contribution in [0.1, 0.15) is 271 Å². The molecular weight excluding hydrogens is 841 g/mol. The van der Waals surface area contributed by atoms with E-state index in [4.69, 9.17) is 14.2 Å². The predicted octanol–water partition coefficient (Wildman–Crippen LogP) is 19.2. The van der Waals surface area contributed by atoms with Crippen LogP contribution in [0.5, 0.6) is 0 Å². The third-order valence-corrected chi connectivity index (χ3v) is 12.1. The van der Waals surface area contributed by atoms with Gasteiger partial charge in [0.05, 0.1) is 0 Å². The summed E-state index contributed by atoms with van der Waals surface area (Å²) >= 11 is 0. The van der Waals surface area contributed by atoms with Crippen molar-refractivity contribution in [1.82, 2.24) is 0 Å². The molecule has 1 unspecified atom stereocenters. The molecule has 0 rings (SSSR count). The monoisotopic (exact) mass is 947 g/mol. The molecule has 68 heavy (non-hydrogen) atoms. The molecule has 0 saturated heterocycles. The fourth-order valence-electron chi connectivity index (χ4n) is 7.81. The molecule has 0 aromatic heterocycles. The Balaban J connectivity index is 4.44. The SMILES string of the molecule is CC/C=C\C/C=C\C/C=C\C/C=C\CCCCCCCCC(=O)OCC(COC(=O)CCCCCCC/C=C\C/C=C\CCCCC)OC(=O)CCCCCCC/C=C\CCCCCCCCC. The summed E-state index contributed by atoms with van der Waals surface area (Å²) in [7, 11) is 0. The van der Waals surface area contributed by atoms with E-state index in [0.29, 0.717) is 19.3 Å². The number of carbonyl (C=O) groups excluding carboxylic acids is 3. The number of esters is 3. The first-order valence-electron chi connectivity index (χ1n) is 28.6. The van der Waals surface area contributed by atoms with E-state index in [0.717, 1.165) is 135 Å². The number of hydrogen-bond acceptors (Lipinski definition) is 6. The second-order valence-corrected chi connectivity index (χ2v) is 18.8. The average Bonchev–Trinajstić information content (AvgIpc) is 3.34. The molecule has 0 fully saturated rings. The summed E-state index contributed by atoms with van der Waals surface area (Å²) in [5, 5.41) is 0. The van der Waals surface area contributed by atoms with E-state index < -0.39 is 6.10 Å². The number of allylic oxidation sites excluding steroid dienone is 14. The van der Waals surface area contributed by atoms with Gasteiger partial charge < -0.3 is 14.2 Å². The van der Waals surface area contributed by atoms with Crippen LogP contribution in [0.2, 0.25) is 0 Å². The highest BCUT2D eigenvalue weighted by molar-refractivity contribution is 5.71. The quantitative estimate of drug-likeness (QED) is 0.0262. The zero-order valence-electron chi connectivity index (χ0n) is 44.6. The van der Waals surface area contributed by atoms with Crippen LogP contribution < -0.4 is 0 Å². The van der Waals surface area contributed by atoms with Crippen molar-refractivity contribution in [1.29, 1.82) is 0 Å². The van der Waals surface area contributed by atoms with E-state index in [1.54, 1.807) is 0 Å². The minimum Gasteiger partial charge on any atom is -0.462 e. The van der Waals surface area contributed by atoms with Crippen LogP contribution in [0.4, 0.5) is 0 Å². The van der Waals surface area contributed by atoms with Gasteiger partial charge in [-0.25, -0.2) is 0 Å². The average molecular weight is 948 g/mol. The molecule has 1 atom stereocenters. The molecule has 6 heteroatoms. The summed E-state index contributed by atoms with van der Waals surface area (Å²) in [6.07, 6.45) is 72.8. The summed E-state index contributed by atoms with van der Waals surface area (Å²) in [6, 6.07) is 0. The van der Waals surface area contributed by atoms with E-state index in [2.05, 4.69) is 106 Å². The lowest BCUT2D eigenvalue weighted by molar-refractivity contribution is -0.167. The standard InChI is InChI=1S/C62H106O6/c1-4-7-10-13-16-19-22-25-28-30-31-32-35-37-40-43-46-49-52-55-61(64)67-58-59(57-66-60(63)54-51-48-45-42-39-36-33-27-24-21-18-15-12-9-6-3)68-62(65)56-53-50-47-44-41-38-34-29-26-23-20-17-14-11-8-5-2/h7,10,16,18-19,21,25,27-29,31-34,59H,4-6,8-9,11-15,17,20,22-24,26,30,35-58H2,1-3H3/b10-7-,19-16-,21-18-,28-25-,32-31-,33-27-,34-29-. The summed E-state index contributed by atoms with van der Waals surface area (Å²) in [4.78, 5) is 38.2. The van der Waals surface area contributed by atoms with Gasteiger partial charge >= 0.3 is 17.9 Å². The van der Waals surface area contributed by atoms with Crippen molar-refractivity contribution < 1.29 is 28.6 Å². The van der Waals surface area contributed by atoms with Gasteiger partial charge in [-0.1, -0.05) is 221 Å². The minimum absolute atomic E-state index is 0.0918. The molecule has 0 aliphatic carbocycles. The van der Waals surface area contributed by atoms with Crippen molar-refractivity contribution >= 4 is 17.9 Å². The van der Waals surface area contributed by atoms with Crippen molar-refractivity contribution in [3.05, 3.63) is 85.1 Å². The zero-order chi connectivity index (χ0) is 49.3. The van der Waals surface area contributed by atoms with Gasteiger partial charge in [0.25, 0.3) is 0 Å². The van der Waals surface area contributed by atoms with Gasteiger partial charge in [-0.05, 0) is 116 Å². The van der Waals surface area contributed by atoms with E-state index in [1.807, 2.05) is 0 Å². The topological polar surface area (TPSA) is 78.9 Å². The smallest absolute Gasteiger partial charge is 0.306 e. The number of unbranched alkanes of at least 4 members (excludes halogenated alkanes) is 26. The minimum atomic E-state index is -0.793. The van der Waals surface area contributed by atoms with Crippen LogP contribution in [-0.2, 0) is 28.6 Å². The predicted molar refractivity (Wildman–Crippen MR) is 293 cm³/mol. The molecule has 390 valence electrons. The Bertz CT molecular complexity index is 1320. The maximum absolute atomic E-state index is 12.9. The van der Waals surface area contributed by atoms with Crippen molar-refractivity contribution in [2.24, 2.45) is 0 Å². The van der Waals surface area contributed by atoms with Crippen LogP contribution in [0, 0.1) is 0 Å². The molecule has 0 aromatic rings. The second kappa shape index (κ2) is 56.2. The normalized spacial score (nSPS) is 12.7. The Kier molecular flexibility index (Phi) is 53.4. The number of carbonyl (C=O) groups is 3. The maximum atomic E-state index is 12.9. The van der Waals surface area contributed by atoms with Crippen molar-refractivity contribution in [3.8, 4) is 0 Å². The third-order valence-electron chi connectivity index (χ3n) is 12.1. The van der Waals surface area contributed by atoms with Crippen LogP contribution >= 0.6 is 0 Å². The van der Waals surface area contributed by atoms with Crippen LogP contribution in [0.15, 0.2) is 85.1 Å². The first-order chi connectivity index (χ1) is 33.5. The van der Waals surface area contributed by atoms with E-state index in [1.165, 1.54) is 96.3 Å². The van der Waals surface area contributed by atoms with Gasteiger partial charge in [-0.2, -0.15) is 0 Å². The highest BCUT2D eigenvalue weighted by atomic mass is 16.6. The molecule has 6 nitrogen and oxygen atoms in total. The molecule has 0 bridgehead atoms. The third kappa shape index (κ3) is 53.5. The molecule has 0 aliphatic rings. The Morgan fingerprint density at radius 2 is 0.574 bits per heavy atom. The molecular formula is C62H106O6. The lowest BCUT2D eigenvalue weighted by atomic mass is 10.1. The second-order valence-electron chi connectivity index (χ2n) is 18.8. The van der Waals surface area contributed by atoms with Gasteiger partial charge in [-0.3, -0.25) is 14.4 Å². The molecule has 0 radical (unpaired) electrons. The van der Waals surface area contributed by atoms with Crippen molar-refractivity contribution in [2.45, 2.75) is 277 Å². The molecule has 0 aromatic carbocycles. The van der Waals surface area contributed by atoms with Crippen LogP contribution in [0.25, 0.3) is 0 Å². The Labute approximate surface area is 420 Å². The van der Waals surface area contributed by atoms with E-state index >= 15 is 0 Å². The molecule has 0 spiro atoms. The van der Waals surface area contributed by atoms with Crippen molar-refractivity contribution in [2.75, 3.05) is 13.2 Å². The highest BCUT2D eigenvalue weighted by Gasteiger charge is 2.19. The Morgan fingerprint density at radius 3 is 0.941 bits per heavy atom. The largest absolute Gasteiger partial charge is 0.462 e. The summed E-state index contributed by atoms with van der Waals surface area (Å²) in [5.41, 5.74) is 0. The summed E-state index contributed by atoms with van der Waals surface area (Å²) in [5.74, 6) is -0.922. The molecule has 0 aliphatic heterocycles. The molecule has 0 N–H and O–H groups in total. The fourth-order valence-corrected chi connectivity index (χ4v) is 7.81. The highest BCUT2D eigenvalue weighted by Crippen LogP contribution is 2.14. The van der Waals surface area contributed by atoms with Crippen molar-refractivity contribution in [3.63, 3.8) is 0 Å². The summed E-state index contributed by atoms with van der Waals surface area (Å²) in [6.45, 7) is 6.48. The Morgan fingerprint density at radius 1 is 0.309 bits per heavy atom. The first kappa shape index (κ1) is 64.6. The number of rotatable bonds is 51. The fraction of sp³-hybridized carbons (Fsp3) is 0.726. The molecule has 0 heterocycles. The Hall–Kier alpha value is -3.41.